The standard InChI is InChI=1S/C10H18F2N2.2ClH/c11-10(12)8-13-5-4-9(10)14-6-2-1-3-7-14;;/h9,13H,1-8H2;2*1H. The first-order chi connectivity index (χ1) is 6.70. The van der Waals surface area contributed by atoms with Crippen LogP contribution < -0.4 is 5.32 Å². The topological polar surface area (TPSA) is 15.3 Å². The highest BCUT2D eigenvalue weighted by atomic mass is 35.5. The molecule has 0 aliphatic carbocycles. The molecule has 0 bridgehead atoms. The lowest BCUT2D eigenvalue weighted by Crippen LogP contribution is -2.58. The van der Waals surface area contributed by atoms with Gasteiger partial charge >= 0.3 is 0 Å². The van der Waals surface area contributed by atoms with E-state index in [1.165, 1.54) is 6.42 Å². The fourth-order valence-corrected chi connectivity index (χ4v) is 2.50. The fraction of sp³-hybridized carbons (Fsp3) is 1.00. The van der Waals surface area contributed by atoms with Crippen molar-refractivity contribution in [2.75, 3.05) is 26.2 Å². The largest absolute Gasteiger partial charge is 0.311 e. The summed E-state index contributed by atoms with van der Waals surface area (Å²) in [5.74, 6) is -2.53. The average Bonchev–Trinajstić information content (AvgIpc) is 2.18. The van der Waals surface area contributed by atoms with Gasteiger partial charge in [0.25, 0.3) is 5.92 Å². The van der Waals surface area contributed by atoms with E-state index in [2.05, 4.69) is 5.32 Å². The predicted molar refractivity (Wildman–Crippen MR) is 66.1 cm³/mol. The van der Waals surface area contributed by atoms with Gasteiger partial charge in [-0.3, -0.25) is 4.90 Å². The third-order valence-electron chi connectivity index (χ3n) is 3.27. The molecule has 1 atom stereocenters. The molecular formula is C10H20Cl2F2N2. The van der Waals surface area contributed by atoms with E-state index in [1.54, 1.807) is 0 Å². The lowest BCUT2D eigenvalue weighted by atomic mass is 9.98. The monoisotopic (exact) mass is 276 g/mol. The summed E-state index contributed by atoms with van der Waals surface area (Å²) in [6, 6.07) is -0.510. The number of halogens is 4. The Hall–Kier alpha value is 0.360. The number of alkyl halides is 2. The molecule has 2 fully saturated rings. The Bertz CT molecular complexity index is 199. The van der Waals surface area contributed by atoms with Crippen molar-refractivity contribution in [2.45, 2.75) is 37.6 Å². The first-order valence-electron chi connectivity index (χ1n) is 5.53. The van der Waals surface area contributed by atoms with Gasteiger partial charge in [-0.15, -0.1) is 24.8 Å². The van der Waals surface area contributed by atoms with Gasteiger partial charge < -0.3 is 5.32 Å². The third kappa shape index (κ3) is 3.69. The van der Waals surface area contributed by atoms with Gasteiger partial charge in [0.15, 0.2) is 0 Å². The van der Waals surface area contributed by atoms with Crippen molar-refractivity contribution in [3.05, 3.63) is 0 Å². The summed E-state index contributed by atoms with van der Waals surface area (Å²) in [6.07, 6.45) is 3.96. The van der Waals surface area contributed by atoms with Crippen LogP contribution in [-0.4, -0.2) is 43.0 Å². The van der Waals surface area contributed by atoms with E-state index in [9.17, 15) is 8.78 Å². The van der Waals surface area contributed by atoms with Crippen LogP contribution in [0.2, 0.25) is 0 Å². The summed E-state index contributed by atoms with van der Waals surface area (Å²) in [5.41, 5.74) is 0. The van der Waals surface area contributed by atoms with Crippen molar-refractivity contribution in [3.8, 4) is 0 Å². The zero-order valence-electron chi connectivity index (χ0n) is 9.25. The van der Waals surface area contributed by atoms with Crippen LogP contribution in [0.15, 0.2) is 0 Å². The molecule has 16 heavy (non-hydrogen) atoms. The Morgan fingerprint density at radius 1 is 1.06 bits per heavy atom. The molecule has 1 N–H and O–H groups in total. The molecule has 0 aromatic heterocycles. The van der Waals surface area contributed by atoms with E-state index in [1.807, 2.05) is 4.90 Å². The maximum absolute atomic E-state index is 13.5. The summed E-state index contributed by atoms with van der Waals surface area (Å²) in [6.45, 7) is 2.31. The Balaban J connectivity index is 0.00000112. The minimum Gasteiger partial charge on any atom is -0.311 e. The molecule has 2 nitrogen and oxygen atoms in total. The van der Waals surface area contributed by atoms with Gasteiger partial charge in [0, 0.05) is 0 Å². The molecule has 2 saturated heterocycles. The molecule has 0 aromatic carbocycles. The van der Waals surface area contributed by atoms with Crippen LogP contribution in [0, 0.1) is 0 Å². The highest BCUT2D eigenvalue weighted by Gasteiger charge is 2.44. The highest BCUT2D eigenvalue weighted by molar-refractivity contribution is 5.85. The van der Waals surface area contributed by atoms with Crippen LogP contribution in [0.5, 0.6) is 0 Å². The van der Waals surface area contributed by atoms with Crippen LogP contribution in [-0.2, 0) is 0 Å². The first kappa shape index (κ1) is 16.4. The second kappa shape index (κ2) is 6.94. The molecular weight excluding hydrogens is 257 g/mol. The second-order valence-electron chi connectivity index (χ2n) is 4.34. The third-order valence-corrected chi connectivity index (χ3v) is 3.27. The van der Waals surface area contributed by atoms with Crippen molar-refractivity contribution in [1.29, 1.82) is 0 Å². The highest BCUT2D eigenvalue weighted by Crippen LogP contribution is 2.29. The van der Waals surface area contributed by atoms with E-state index in [4.69, 9.17) is 0 Å². The number of nitrogens with zero attached hydrogens (tertiary/aromatic N) is 1. The summed E-state index contributed by atoms with van der Waals surface area (Å²) < 4.78 is 27.1. The van der Waals surface area contributed by atoms with Gasteiger partial charge in [0.2, 0.25) is 0 Å². The Kier molecular flexibility index (Phi) is 7.10. The summed E-state index contributed by atoms with van der Waals surface area (Å²) in [4.78, 5) is 1.99. The van der Waals surface area contributed by atoms with Gasteiger partial charge in [-0.1, -0.05) is 6.42 Å². The smallest absolute Gasteiger partial charge is 0.275 e. The van der Waals surface area contributed by atoms with Crippen LogP contribution in [0.1, 0.15) is 25.7 Å². The Morgan fingerprint density at radius 2 is 1.69 bits per heavy atom. The molecule has 0 spiro atoms. The second-order valence-corrected chi connectivity index (χ2v) is 4.34. The number of hydrogen-bond donors (Lipinski definition) is 1. The molecule has 0 amide bonds. The lowest BCUT2D eigenvalue weighted by molar-refractivity contribution is -0.0990. The maximum Gasteiger partial charge on any atom is 0.275 e. The summed E-state index contributed by atoms with van der Waals surface area (Å²) in [5, 5.41) is 2.77. The fourth-order valence-electron chi connectivity index (χ4n) is 2.50. The normalized spacial score (nSPS) is 30.0. The van der Waals surface area contributed by atoms with Crippen LogP contribution >= 0.6 is 24.8 Å². The molecule has 6 heteroatoms. The molecule has 2 aliphatic rings. The molecule has 1 unspecified atom stereocenters. The molecule has 0 aromatic rings. The summed E-state index contributed by atoms with van der Waals surface area (Å²) >= 11 is 0. The number of hydrogen-bond acceptors (Lipinski definition) is 2. The molecule has 2 aliphatic heterocycles. The zero-order chi connectivity index (χ0) is 10.0. The van der Waals surface area contributed by atoms with Crippen LogP contribution in [0.3, 0.4) is 0 Å². The molecule has 2 heterocycles. The minimum atomic E-state index is -2.53. The van der Waals surface area contributed by atoms with Gasteiger partial charge in [-0.2, -0.15) is 0 Å². The SMILES string of the molecule is Cl.Cl.FC1(F)CNCCC1N1CCCCC1. The molecule has 0 radical (unpaired) electrons. The molecule has 2 rings (SSSR count). The van der Waals surface area contributed by atoms with Crippen molar-refractivity contribution < 1.29 is 8.78 Å². The number of rotatable bonds is 1. The Labute approximate surface area is 108 Å². The minimum absolute atomic E-state index is 0. The number of piperidine rings is 2. The van der Waals surface area contributed by atoms with Crippen LogP contribution in [0.4, 0.5) is 8.78 Å². The van der Waals surface area contributed by atoms with Crippen molar-refractivity contribution in [1.82, 2.24) is 10.2 Å². The lowest BCUT2D eigenvalue weighted by Gasteiger charge is -2.41. The number of nitrogens with one attached hydrogen (secondary N) is 1. The summed E-state index contributed by atoms with van der Waals surface area (Å²) in [7, 11) is 0. The molecule has 0 saturated carbocycles. The van der Waals surface area contributed by atoms with Gasteiger partial charge in [-0.05, 0) is 38.9 Å². The zero-order valence-corrected chi connectivity index (χ0v) is 10.9. The quantitative estimate of drug-likeness (QED) is 0.791. The van der Waals surface area contributed by atoms with Crippen molar-refractivity contribution in [2.24, 2.45) is 0 Å². The number of likely N-dealkylation sites (tertiary alicyclic amines) is 1. The average molecular weight is 277 g/mol. The van der Waals surface area contributed by atoms with Crippen molar-refractivity contribution in [3.63, 3.8) is 0 Å². The van der Waals surface area contributed by atoms with E-state index < -0.39 is 12.0 Å². The van der Waals surface area contributed by atoms with Gasteiger partial charge in [0.05, 0.1) is 12.6 Å². The van der Waals surface area contributed by atoms with E-state index in [0.29, 0.717) is 6.42 Å². The van der Waals surface area contributed by atoms with E-state index in [-0.39, 0.29) is 31.4 Å². The van der Waals surface area contributed by atoms with E-state index >= 15 is 0 Å². The van der Waals surface area contributed by atoms with Gasteiger partial charge in [0.1, 0.15) is 0 Å². The maximum atomic E-state index is 13.5. The van der Waals surface area contributed by atoms with Crippen molar-refractivity contribution >= 4 is 24.8 Å². The van der Waals surface area contributed by atoms with Crippen LogP contribution in [0.25, 0.3) is 0 Å². The van der Waals surface area contributed by atoms with E-state index in [0.717, 1.165) is 32.5 Å². The first-order valence-corrected chi connectivity index (χ1v) is 5.53. The molecule has 98 valence electrons. The Morgan fingerprint density at radius 3 is 2.25 bits per heavy atom. The van der Waals surface area contributed by atoms with Gasteiger partial charge in [-0.25, -0.2) is 8.78 Å². The predicted octanol–water partition coefficient (Wildman–Crippen LogP) is 2.31.